The van der Waals surface area contributed by atoms with Gasteiger partial charge in [-0.1, -0.05) is 15.9 Å². The molecule has 1 spiro atoms. The summed E-state index contributed by atoms with van der Waals surface area (Å²) in [4.78, 5) is 0. The maximum absolute atomic E-state index is 10.1. The molecule has 3 unspecified atom stereocenters. The molecule has 1 aromatic rings. The Bertz CT molecular complexity index is 632. The molecule has 1 aromatic carbocycles. The zero-order chi connectivity index (χ0) is 17.4. The van der Waals surface area contributed by atoms with Gasteiger partial charge in [0.15, 0.2) is 17.3 Å². The third-order valence-electron chi connectivity index (χ3n) is 6.08. The van der Waals surface area contributed by atoms with E-state index in [1.54, 1.807) is 7.11 Å². The minimum Gasteiger partial charge on any atom is -0.504 e. The summed E-state index contributed by atoms with van der Waals surface area (Å²) >= 11 is 3.63. The zero-order valence-corrected chi connectivity index (χ0v) is 16.2. The number of phenols is 1. The average Bonchev–Trinajstić information content (AvgIpc) is 3.05. The summed E-state index contributed by atoms with van der Waals surface area (Å²) in [6, 6.07) is 4.09. The van der Waals surface area contributed by atoms with Gasteiger partial charge in [-0.2, -0.15) is 0 Å². The Morgan fingerprint density at radius 3 is 2.88 bits per heavy atom. The van der Waals surface area contributed by atoms with Gasteiger partial charge in [-0.3, -0.25) is 0 Å². The summed E-state index contributed by atoms with van der Waals surface area (Å²) in [5.74, 6) is 1.66. The average molecular weight is 412 g/mol. The second kappa shape index (κ2) is 7.06. The van der Waals surface area contributed by atoms with E-state index in [1.165, 1.54) is 6.42 Å². The maximum atomic E-state index is 10.1. The summed E-state index contributed by atoms with van der Waals surface area (Å²) < 4.78 is 18.1. The Morgan fingerprint density at radius 2 is 2.12 bits per heavy atom. The molecule has 2 aliphatic heterocycles. The number of ether oxygens (including phenoxy) is 3. The summed E-state index contributed by atoms with van der Waals surface area (Å²) in [5, 5.41) is 13.8. The fourth-order valence-corrected chi connectivity index (χ4v) is 5.34. The van der Waals surface area contributed by atoms with Crippen molar-refractivity contribution >= 4 is 15.9 Å². The highest BCUT2D eigenvalue weighted by Crippen LogP contribution is 2.46. The van der Waals surface area contributed by atoms with E-state index in [4.69, 9.17) is 14.2 Å². The Kier molecular flexibility index (Phi) is 4.97. The molecule has 4 rings (SSSR count). The minimum absolute atomic E-state index is 0.198. The van der Waals surface area contributed by atoms with Crippen LogP contribution in [0.4, 0.5) is 0 Å². The van der Waals surface area contributed by atoms with E-state index in [2.05, 4.69) is 21.2 Å². The van der Waals surface area contributed by atoms with Crippen molar-refractivity contribution in [3.05, 3.63) is 22.2 Å². The molecule has 2 saturated heterocycles. The Balaban J connectivity index is 1.49. The van der Waals surface area contributed by atoms with Gasteiger partial charge in [-0.25, -0.2) is 0 Å². The van der Waals surface area contributed by atoms with Gasteiger partial charge in [0.1, 0.15) is 0 Å². The van der Waals surface area contributed by atoms with E-state index in [0.29, 0.717) is 23.6 Å². The molecule has 3 atom stereocenters. The van der Waals surface area contributed by atoms with Crippen LogP contribution in [-0.4, -0.2) is 43.8 Å². The van der Waals surface area contributed by atoms with Crippen molar-refractivity contribution in [2.75, 3.05) is 26.9 Å². The van der Waals surface area contributed by atoms with Gasteiger partial charge in [0.2, 0.25) is 0 Å². The van der Waals surface area contributed by atoms with Crippen LogP contribution in [0.25, 0.3) is 0 Å². The molecule has 2 N–H and O–H groups in total. The van der Waals surface area contributed by atoms with Crippen LogP contribution in [0.1, 0.15) is 31.2 Å². The van der Waals surface area contributed by atoms with Crippen molar-refractivity contribution in [1.82, 2.24) is 5.32 Å². The number of piperidine rings is 1. The van der Waals surface area contributed by atoms with Crippen LogP contribution in [0, 0.1) is 11.8 Å². The van der Waals surface area contributed by atoms with Gasteiger partial charge in [0.05, 0.1) is 20.3 Å². The SMILES string of the molecule is COc1cc(Br)c(CC2NCCC3CC4(CCC32)OCCO4)cc1O. The third kappa shape index (κ3) is 3.42. The first-order valence-electron chi connectivity index (χ1n) is 9.17. The smallest absolute Gasteiger partial charge is 0.168 e. The highest BCUT2D eigenvalue weighted by Gasteiger charge is 2.47. The molecule has 0 bridgehead atoms. The molecule has 2 heterocycles. The second-order valence-corrected chi connectivity index (χ2v) is 8.30. The van der Waals surface area contributed by atoms with Crippen molar-refractivity contribution < 1.29 is 19.3 Å². The van der Waals surface area contributed by atoms with Crippen LogP contribution < -0.4 is 10.1 Å². The lowest BCUT2D eigenvalue weighted by atomic mass is 9.68. The number of nitrogens with one attached hydrogen (secondary N) is 1. The van der Waals surface area contributed by atoms with E-state index < -0.39 is 0 Å². The monoisotopic (exact) mass is 411 g/mol. The topological polar surface area (TPSA) is 60.0 Å². The van der Waals surface area contributed by atoms with Gasteiger partial charge in [-0.05, 0) is 55.3 Å². The van der Waals surface area contributed by atoms with Crippen LogP contribution >= 0.6 is 15.9 Å². The van der Waals surface area contributed by atoms with E-state index in [9.17, 15) is 5.11 Å². The van der Waals surface area contributed by atoms with E-state index in [0.717, 1.165) is 55.5 Å². The lowest BCUT2D eigenvalue weighted by molar-refractivity contribution is -0.199. The number of phenolic OH excluding ortho intramolecular Hbond substituents is 1. The first-order chi connectivity index (χ1) is 12.1. The van der Waals surface area contributed by atoms with Crippen LogP contribution in [0.3, 0.4) is 0 Å². The van der Waals surface area contributed by atoms with Crippen LogP contribution in [0.15, 0.2) is 16.6 Å². The number of hydrogen-bond donors (Lipinski definition) is 2. The molecule has 1 aliphatic carbocycles. The molecule has 3 fully saturated rings. The highest BCUT2D eigenvalue weighted by molar-refractivity contribution is 9.10. The van der Waals surface area contributed by atoms with E-state index >= 15 is 0 Å². The normalized spacial score (nSPS) is 31.0. The fraction of sp³-hybridized carbons (Fsp3) is 0.684. The lowest BCUT2D eigenvalue weighted by Crippen LogP contribution is -2.52. The summed E-state index contributed by atoms with van der Waals surface area (Å²) in [7, 11) is 1.57. The summed E-state index contributed by atoms with van der Waals surface area (Å²) in [5.41, 5.74) is 1.12. The molecule has 5 nitrogen and oxygen atoms in total. The second-order valence-electron chi connectivity index (χ2n) is 7.44. The molecule has 138 valence electrons. The Hall–Kier alpha value is -0.820. The summed E-state index contributed by atoms with van der Waals surface area (Å²) in [6.07, 6.45) is 5.22. The molecule has 0 amide bonds. The number of fused-ring (bicyclic) bond motifs is 1. The molecule has 25 heavy (non-hydrogen) atoms. The quantitative estimate of drug-likeness (QED) is 0.799. The molecule has 3 aliphatic rings. The molecule has 1 saturated carbocycles. The molecular formula is C19H26BrNO4. The number of halogens is 1. The van der Waals surface area contributed by atoms with Crippen LogP contribution in [-0.2, 0) is 15.9 Å². The molecule has 0 aromatic heterocycles. The molecule has 0 radical (unpaired) electrons. The first-order valence-corrected chi connectivity index (χ1v) is 9.96. The Labute approximate surface area is 157 Å². The number of benzene rings is 1. The fourth-order valence-electron chi connectivity index (χ4n) is 4.85. The number of methoxy groups -OCH3 is 1. The van der Waals surface area contributed by atoms with Gasteiger partial charge in [-0.15, -0.1) is 0 Å². The van der Waals surface area contributed by atoms with E-state index in [-0.39, 0.29) is 11.5 Å². The summed E-state index contributed by atoms with van der Waals surface area (Å²) in [6.45, 7) is 2.50. The standard InChI is InChI=1S/C19H26BrNO4/c1-23-18-10-15(20)13(9-17(18)22)8-16-14-2-4-19(24-6-7-25-19)11-12(14)3-5-21-16/h9-10,12,14,16,21-22H,2-8,11H2,1H3. The first kappa shape index (κ1) is 17.6. The largest absolute Gasteiger partial charge is 0.504 e. The van der Waals surface area contributed by atoms with Gasteiger partial charge >= 0.3 is 0 Å². The lowest BCUT2D eigenvalue weighted by Gasteiger charge is -2.47. The minimum atomic E-state index is -0.304. The van der Waals surface area contributed by atoms with Gasteiger partial charge < -0.3 is 24.6 Å². The molecular weight excluding hydrogens is 386 g/mol. The van der Waals surface area contributed by atoms with Crippen LogP contribution in [0.5, 0.6) is 11.5 Å². The predicted octanol–water partition coefficient (Wildman–Crippen LogP) is 3.23. The van der Waals surface area contributed by atoms with Gasteiger partial charge in [0, 0.05) is 23.4 Å². The number of hydrogen-bond acceptors (Lipinski definition) is 5. The van der Waals surface area contributed by atoms with E-state index in [1.807, 2.05) is 12.1 Å². The third-order valence-corrected chi connectivity index (χ3v) is 6.82. The highest BCUT2D eigenvalue weighted by atomic mass is 79.9. The van der Waals surface area contributed by atoms with Crippen molar-refractivity contribution in [2.45, 2.75) is 43.9 Å². The zero-order valence-electron chi connectivity index (χ0n) is 14.6. The molecule has 6 heteroatoms. The maximum Gasteiger partial charge on any atom is 0.168 e. The number of rotatable bonds is 3. The number of aromatic hydroxyl groups is 1. The van der Waals surface area contributed by atoms with Crippen molar-refractivity contribution in [1.29, 1.82) is 0 Å². The van der Waals surface area contributed by atoms with Crippen molar-refractivity contribution in [3.8, 4) is 11.5 Å². The Morgan fingerprint density at radius 1 is 1.32 bits per heavy atom. The predicted molar refractivity (Wildman–Crippen MR) is 97.9 cm³/mol. The van der Waals surface area contributed by atoms with Crippen molar-refractivity contribution in [3.63, 3.8) is 0 Å². The van der Waals surface area contributed by atoms with Gasteiger partial charge in [0.25, 0.3) is 0 Å². The van der Waals surface area contributed by atoms with Crippen molar-refractivity contribution in [2.24, 2.45) is 11.8 Å². The van der Waals surface area contributed by atoms with Crippen LogP contribution in [0.2, 0.25) is 0 Å².